The predicted molar refractivity (Wildman–Crippen MR) is 70.5 cm³/mol. The Labute approximate surface area is 108 Å². The van der Waals surface area contributed by atoms with Crippen molar-refractivity contribution in [2.24, 2.45) is 0 Å². The van der Waals surface area contributed by atoms with Crippen LogP contribution in [0.25, 0.3) is 0 Å². The Morgan fingerprint density at radius 1 is 1.11 bits per heavy atom. The summed E-state index contributed by atoms with van der Waals surface area (Å²) in [5.41, 5.74) is 6.83. The second-order valence-corrected chi connectivity index (χ2v) is 3.87. The Kier molecular flexibility index (Phi) is 8.12. The fourth-order valence-electron chi connectivity index (χ4n) is 1.49. The lowest BCUT2D eigenvalue weighted by atomic mass is 10.1. The largest absolute Gasteiger partial charge is 0.383 e. The fraction of sp³-hybridized carbons (Fsp3) is 0.615. The van der Waals surface area contributed by atoms with Gasteiger partial charge in [-0.1, -0.05) is 6.07 Å². The first-order valence-electron chi connectivity index (χ1n) is 6.18. The highest BCUT2D eigenvalue weighted by molar-refractivity contribution is 5.38. The summed E-state index contributed by atoms with van der Waals surface area (Å²) < 4.78 is 15.6. The summed E-state index contributed by atoms with van der Waals surface area (Å²) in [5.74, 6) is 0.611. The van der Waals surface area contributed by atoms with Gasteiger partial charge in [-0.15, -0.1) is 0 Å². The summed E-state index contributed by atoms with van der Waals surface area (Å²) >= 11 is 0. The molecule has 0 aliphatic heterocycles. The Bertz CT molecular complexity index is 321. The molecule has 0 radical (unpaired) electrons. The first-order valence-corrected chi connectivity index (χ1v) is 6.18. The molecule has 1 aromatic heterocycles. The number of hydrogen-bond donors (Lipinski definition) is 1. The number of aryl methyl sites for hydroxylation is 1. The highest BCUT2D eigenvalue weighted by Gasteiger charge is 1.98. The number of hydrogen-bond acceptors (Lipinski definition) is 5. The Balaban J connectivity index is 1.94. The molecule has 0 aliphatic rings. The smallest absolute Gasteiger partial charge is 0.126 e. The first kappa shape index (κ1) is 14.9. The molecule has 0 aromatic carbocycles. The zero-order valence-electron chi connectivity index (χ0n) is 10.9. The van der Waals surface area contributed by atoms with E-state index in [1.165, 1.54) is 0 Å². The highest BCUT2D eigenvalue weighted by Crippen LogP contribution is 2.09. The number of aromatic nitrogens is 1. The maximum atomic E-state index is 5.75. The summed E-state index contributed by atoms with van der Waals surface area (Å²) in [4.78, 5) is 4.04. The van der Waals surface area contributed by atoms with Crippen LogP contribution in [0, 0.1) is 0 Å². The Morgan fingerprint density at radius 2 is 1.83 bits per heavy atom. The van der Waals surface area contributed by atoms with Crippen molar-refractivity contribution >= 4 is 5.82 Å². The van der Waals surface area contributed by atoms with Crippen molar-refractivity contribution in [2.45, 2.75) is 12.8 Å². The van der Waals surface area contributed by atoms with E-state index in [2.05, 4.69) is 4.98 Å². The molecular formula is C13H22N2O3. The van der Waals surface area contributed by atoms with Gasteiger partial charge in [0.1, 0.15) is 5.82 Å². The third kappa shape index (κ3) is 6.54. The first-order chi connectivity index (χ1) is 8.84. The maximum absolute atomic E-state index is 5.75. The molecule has 1 heterocycles. The normalized spacial score (nSPS) is 10.7. The molecule has 0 unspecified atom stereocenters. The number of ether oxygens (including phenoxy) is 3. The molecule has 18 heavy (non-hydrogen) atoms. The van der Waals surface area contributed by atoms with Gasteiger partial charge in [-0.05, 0) is 24.5 Å². The van der Waals surface area contributed by atoms with E-state index >= 15 is 0 Å². The molecule has 0 spiro atoms. The quantitative estimate of drug-likeness (QED) is 0.637. The summed E-state index contributed by atoms with van der Waals surface area (Å²) in [6.07, 6.45) is 3.53. The topological polar surface area (TPSA) is 66.6 Å². The third-order valence-electron chi connectivity index (χ3n) is 2.46. The van der Waals surface area contributed by atoms with Gasteiger partial charge in [-0.2, -0.15) is 0 Å². The predicted octanol–water partition coefficient (Wildman–Crippen LogP) is 1.28. The second-order valence-electron chi connectivity index (χ2n) is 3.87. The van der Waals surface area contributed by atoms with Gasteiger partial charge >= 0.3 is 0 Å². The number of nitrogen functional groups attached to an aromatic ring is 1. The van der Waals surface area contributed by atoms with Crippen LogP contribution in [0.5, 0.6) is 0 Å². The average Bonchev–Trinajstić information content (AvgIpc) is 2.39. The molecule has 5 nitrogen and oxygen atoms in total. The van der Waals surface area contributed by atoms with Crippen LogP contribution >= 0.6 is 0 Å². The fourth-order valence-corrected chi connectivity index (χ4v) is 1.49. The zero-order chi connectivity index (χ0) is 13.1. The molecule has 0 atom stereocenters. The van der Waals surface area contributed by atoms with Crippen LogP contribution in [-0.4, -0.2) is 45.1 Å². The number of rotatable bonds is 10. The maximum Gasteiger partial charge on any atom is 0.126 e. The molecule has 0 saturated heterocycles. The van der Waals surface area contributed by atoms with Crippen molar-refractivity contribution in [2.75, 3.05) is 45.9 Å². The molecule has 1 rings (SSSR count). The lowest BCUT2D eigenvalue weighted by Crippen LogP contribution is -2.09. The highest BCUT2D eigenvalue weighted by atomic mass is 16.5. The van der Waals surface area contributed by atoms with Crippen LogP contribution in [-0.2, 0) is 20.6 Å². The second kappa shape index (κ2) is 9.82. The summed E-state index contributed by atoms with van der Waals surface area (Å²) in [7, 11) is 1.66. The molecule has 1 aromatic rings. The summed E-state index contributed by atoms with van der Waals surface area (Å²) in [6.45, 7) is 3.18. The minimum Gasteiger partial charge on any atom is -0.383 e. The summed E-state index contributed by atoms with van der Waals surface area (Å²) in [6, 6.07) is 3.90. The van der Waals surface area contributed by atoms with Crippen molar-refractivity contribution in [1.29, 1.82) is 0 Å². The van der Waals surface area contributed by atoms with Crippen molar-refractivity contribution in [1.82, 2.24) is 4.98 Å². The van der Waals surface area contributed by atoms with Crippen LogP contribution in [0.15, 0.2) is 18.3 Å². The molecule has 0 aliphatic carbocycles. The van der Waals surface area contributed by atoms with Gasteiger partial charge in [0.2, 0.25) is 0 Å². The minimum absolute atomic E-state index is 0.610. The van der Waals surface area contributed by atoms with Gasteiger partial charge in [-0.3, -0.25) is 0 Å². The number of nitrogens with zero attached hydrogens (tertiary/aromatic N) is 1. The van der Waals surface area contributed by atoms with E-state index in [0.29, 0.717) is 38.9 Å². The molecule has 2 N–H and O–H groups in total. The number of methoxy groups -OCH3 is 1. The Morgan fingerprint density at radius 3 is 2.56 bits per heavy atom. The molecule has 5 heteroatoms. The van der Waals surface area contributed by atoms with Gasteiger partial charge in [-0.25, -0.2) is 4.98 Å². The van der Waals surface area contributed by atoms with Gasteiger partial charge in [0.15, 0.2) is 0 Å². The van der Waals surface area contributed by atoms with E-state index < -0.39 is 0 Å². The van der Waals surface area contributed by atoms with Crippen LogP contribution in [0.1, 0.15) is 12.0 Å². The van der Waals surface area contributed by atoms with Crippen LogP contribution in [0.4, 0.5) is 5.82 Å². The lowest BCUT2D eigenvalue weighted by molar-refractivity contribution is 0.0244. The number of nitrogens with two attached hydrogens (primary N) is 1. The van der Waals surface area contributed by atoms with Gasteiger partial charge in [0.05, 0.1) is 26.4 Å². The molecule has 0 bridgehead atoms. The van der Waals surface area contributed by atoms with Crippen molar-refractivity contribution < 1.29 is 14.2 Å². The standard InChI is InChI=1S/C13H22N2O3/c1-16-8-9-18-11-10-17-7-3-5-12-4-2-6-15-13(12)14/h2,4,6H,3,5,7-11H2,1H3,(H2,14,15). The van der Waals surface area contributed by atoms with Crippen molar-refractivity contribution in [3.05, 3.63) is 23.9 Å². The average molecular weight is 254 g/mol. The monoisotopic (exact) mass is 254 g/mol. The zero-order valence-corrected chi connectivity index (χ0v) is 10.9. The number of pyridine rings is 1. The van der Waals surface area contributed by atoms with E-state index in [0.717, 1.165) is 18.4 Å². The SMILES string of the molecule is COCCOCCOCCCc1cccnc1N. The molecule has 0 fully saturated rings. The molecular weight excluding hydrogens is 232 g/mol. The van der Waals surface area contributed by atoms with E-state index in [4.69, 9.17) is 19.9 Å². The third-order valence-corrected chi connectivity index (χ3v) is 2.46. The molecule has 102 valence electrons. The summed E-state index contributed by atoms with van der Waals surface area (Å²) in [5, 5.41) is 0. The number of anilines is 1. The van der Waals surface area contributed by atoms with E-state index in [9.17, 15) is 0 Å². The van der Waals surface area contributed by atoms with Gasteiger partial charge in [0, 0.05) is 19.9 Å². The van der Waals surface area contributed by atoms with Crippen molar-refractivity contribution in [3.8, 4) is 0 Å². The van der Waals surface area contributed by atoms with Crippen molar-refractivity contribution in [3.63, 3.8) is 0 Å². The van der Waals surface area contributed by atoms with E-state index in [1.54, 1.807) is 13.3 Å². The van der Waals surface area contributed by atoms with Gasteiger partial charge < -0.3 is 19.9 Å². The van der Waals surface area contributed by atoms with Crippen LogP contribution in [0.3, 0.4) is 0 Å². The molecule has 0 saturated carbocycles. The van der Waals surface area contributed by atoms with Gasteiger partial charge in [0.25, 0.3) is 0 Å². The lowest BCUT2D eigenvalue weighted by Gasteiger charge is -2.06. The van der Waals surface area contributed by atoms with E-state index in [1.807, 2.05) is 12.1 Å². The van der Waals surface area contributed by atoms with Crippen LogP contribution < -0.4 is 5.73 Å². The van der Waals surface area contributed by atoms with E-state index in [-0.39, 0.29) is 0 Å². The minimum atomic E-state index is 0.610. The Hall–Kier alpha value is -1.17. The molecule has 0 amide bonds. The van der Waals surface area contributed by atoms with Crippen LogP contribution in [0.2, 0.25) is 0 Å².